The largest absolute Gasteiger partial charge is 0.340 e. The number of nitrogens with one attached hydrogen (secondary N) is 1. The minimum atomic E-state index is -0.166. The topological polar surface area (TPSA) is 70.5 Å². The first-order chi connectivity index (χ1) is 12.0. The van der Waals surface area contributed by atoms with Gasteiger partial charge in [0.25, 0.3) is 5.91 Å². The molecule has 7 nitrogen and oxygen atoms in total. The van der Waals surface area contributed by atoms with E-state index >= 15 is 0 Å². The number of benzene rings is 1. The SMILES string of the molecule is CC(=O)N1CCN(Cc2cccc(NC(=O)c3cnn(C)c3)c2)CC1. The van der Waals surface area contributed by atoms with Crippen LogP contribution in [-0.4, -0.2) is 57.6 Å². The molecule has 25 heavy (non-hydrogen) atoms. The Morgan fingerprint density at radius 1 is 1.20 bits per heavy atom. The summed E-state index contributed by atoms with van der Waals surface area (Å²) in [7, 11) is 1.78. The van der Waals surface area contributed by atoms with Gasteiger partial charge < -0.3 is 10.2 Å². The maximum Gasteiger partial charge on any atom is 0.258 e. The highest BCUT2D eigenvalue weighted by Crippen LogP contribution is 2.15. The Hall–Kier alpha value is -2.67. The lowest BCUT2D eigenvalue weighted by Gasteiger charge is -2.34. The normalized spacial score (nSPS) is 15.2. The molecule has 1 aliphatic heterocycles. The first-order valence-corrected chi connectivity index (χ1v) is 8.38. The Labute approximate surface area is 147 Å². The lowest BCUT2D eigenvalue weighted by Crippen LogP contribution is -2.47. The number of anilines is 1. The quantitative estimate of drug-likeness (QED) is 0.911. The van der Waals surface area contributed by atoms with E-state index in [1.165, 1.54) is 0 Å². The predicted molar refractivity (Wildman–Crippen MR) is 95.1 cm³/mol. The van der Waals surface area contributed by atoms with Crippen molar-refractivity contribution in [3.8, 4) is 0 Å². The zero-order chi connectivity index (χ0) is 17.8. The molecule has 1 aliphatic rings. The van der Waals surface area contributed by atoms with E-state index in [4.69, 9.17) is 0 Å². The number of hydrogen-bond donors (Lipinski definition) is 1. The molecule has 0 atom stereocenters. The standard InChI is InChI=1S/C18H23N5O2/c1-14(24)23-8-6-22(7-9-23)12-15-4-3-5-17(10-15)20-18(25)16-11-19-21(2)13-16/h3-5,10-11,13H,6-9,12H2,1-2H3,(H,20,25). The van der Waals surface area contributed by atoms with Gasteiger partial charge >= 0.3 is 0 Å². The second-order valence-electron chi connectivity index (χ2n) is 6.34. The average molecular weight is 341 g/mol. The lowest BCUT2D eigenvalue weighted by atomic mass is 10.1. The van der Waals surface area contributed by atoms with Crippen molar-refractivity contribution in [2.75, 3.05) is 31.5 Å². The van der Waals surface area contributed by atoms with Crippen LogP contribution in [0.25, 0.3) is 0 Å². The molecular weight excluding hydrogens is 318 g/mol. The first-order valence-electron chi connectivity index (χ1n) is 8.38. The molecule has 7 heteroatoms. The van der Waals surface area contributed by atoms with E-state index in [0.29, 0.717) is 5.56 Å². The van der Waals surface area contributed by atoms with Crippen LogP contribution in [-0.2, 0) is 18.4 Å². The van der Waals surface area contributed by atoms with E-state index < -0.39 is 0 Å². The Balaban J connectivity index is 1.58. The molecule has 1 saturated heterocycles. The predicted octanol–water partition coefficient (Wildman–Crippen LogP) is 1.34. The summed E-state index contributed by atoms with van der Waals surface area (Å²) in [6.07, 6.45) is 3.24. The molecule has 0 spiro atoms. The van der Waals surface area contributed by atoms with Crippen molar-refractivity contribution in [1.29, 1.82) is 0 Å². The van der Waals surface area contributed by atoms with E-state index in [2.05, 4.69) is 21.4 Å². The number of aryl methyl sites for hydroxylation is 1. The number of carbonyl (C=O) groups excluding carboxylic acids is 2. The number of hydrogen-bond acceptors (Lipinski definition) is 4. The average Bonchev–Trinajstić information content (AvgIpc) is 3.02. The number of carbonyl (C=O) groups is 2. The summed E-state index contributed by atoms with van der Waals surface area (Å²) >= 11 is 0. The third kappa shape index (κ3) is 4.45. The highest BCUT2D eigenvalue weighted by molar-refractivity contribution is 6.03. The number of amides is 2. The van der Waals surface area contributed by atoms with E-state index in [0.717, 1.165) is 44.0 Å². The molecule has 2 heterocycles. The Morgan fingerprint density at radius 2 is 1.96 bits per heavy atom. The maximum absolute atomic E-state index is 12.2. The lowest BCUT2D eigenvalue weighted by molar-refractivity contribution is -0.130. The number of nitrogens with zero attached hydrogens (tertiary/aromatic N) is 4. The van der Waals surface area contributed by atoms with Gasteiger partial charge in [0.15, 0.2) is 0 Å². The van der Waals surface area contributed by atoms with E-state index in [-0.39, 0.29) is 11.8 Å². The summed E-state index contributed by atoms with van der Waals surface area (Å²) in [6, 6.07) is 7.87. The first kappa shape index (κ1) is 17.2. The molecular formula is C18H23N5O2. The highest BCUT2D eigenvalue weighted by Gasteiger charge is 2.18. The molecule has 2 aromatic rings. The summed E-state index contributed by atoms with van der Waals surface area (Å²) < 4.78 is 1.60. The van der Waals surface area contributed by atoms with Crippen LogP contribution in [0.1, 0.15) is 22.8 Å². The molecule has 0 bridgehead atoms. The van der Waals surface area contributed by atoms with Crippen LogP contribution < -0.4 is 5.32 Å². The molecule has 1 aromatic carbocycles. The molecule has 132 valence electrons. The molecule has 2 amide bonds. The van der Waals surface area contributed by atoms with Crippen LogP contribution in [0, 0.1) is 0 Å². The smallest absolute Gasteiger partial charge is 0.258 e. The molecule has 1 fully saturated rings. The fourth-order valence-corrected chi connectivity index (χ4v) is 2.97. The number of aromatic nitrogens is 2. The highest BCUT2D eigenvalue weighted by atomic mass is 16.2. The Bertz CT molecular complexity index is 762. The van der Waals surface area contributed by atoms with Crippen molar-refractivity contribution in [2.45, 2.75) is 13.5 Å². The van der Waals surface area contributed by atoms with Crippen LogP contribution >= 0.6 is 0 Å². The molecule has 0 radical (unpaired) electrons. The van der Waals surface area contributed by atoms with Crippen molar-refractivity contribution < 1.29 is 9.59 Å². The number of piperazine rings is 1. The van der Waals surface area contributed by atoms with Crippen molar-refractivity contribution >= 4 is 17.5 Å². The van der Waals surface area contributed by atoms with Crippen molar-refractivity contribution in [2.24, 2.45) is 7.05 Å². The van der Waals surface area contributed by atoms with Gasteiger partial charge in [-0.05, 0) is 17.7 Å². The second-order valence-corrected chi connectivity index (χ2v) is 6.34. The summed E-state index contributed by atoms with van der Waals surface area (Å²) in [5.41, 5.74) is 2.45. The fourth-order valence-electron chi connectivity index (χ4n) is 2.97. The molecule has 0 aliphatic carbocycles. The van der Waals surface area contributed by atoms with Gasteiger partial charge in [0, 0.05) is 58.6 Å². The summed E-state index contributed by atoms with van der Waals surface area (Å²) in [4.78, 5) is 27.8. The minimum Gasteiger partial charge on any atom is -0.340 e. The van der Waals surface area contributed by atoms with Gasteiger partial charge in [-0.1, -0.05) is 12.1 Å². The van der Waals surface area contributed by atoms with Crippen molar-refractivity contribution in [3.05, 3.63) is 47.8 Å². The molecule has 0 saturated carbocycles. The number of rotatable bonds is 4. The zero-order valence-corrected chi connectivity index (χ0v) is 14.6. The van der Waals surface area contributed by atoms with Crippen LogP contribution in [0.2, 0.25) is 0 Å². The monoisotopic (exact) mass is 341 g/mol. The summed E-state index contributed by atoms with van der Waals surface area (Å²) in [5.74, 6) is -0.0277. The molecule has 1 N–H and O–H groups in total. The van der Waals surface area contributed by atoms with E-state index in [1.54, 1.807) is 31.0 Å². The van der Waals surface area contributed by atoms with E-state index in [9.17, 15) is 9.59 Å². The van der Waals surface area contributed by atoms with Gasteiger partial charge in [-0.3, -0.25) is 19.2 Å². The zero-order valence-electron chi connectivity index (χ0n) is 14.6. The maximum atomic E-state index is 12.2. The van der Waals surface area contributed by atoms with Gasteiger partial charge in [0.05, 0.1) is 11.8 Å². The van der Waals surface area contributed by atoms with Crippen LogP contribution in [0.15, 0.2) is 36.7 Å². The van der Waals surface area contributed by atoms with E-state index in [1.807, 2.05) is 23.1 Å². The minimum absolute atomic E-state index is 0.139. The van der Waals surface area contributed by atoms with Gasteiger partial charge in [0.2, 0.25) is 5.91 Å². The molecule has 3 rings (SSSR count). The molecule has 0 unspecified atom stereocenters. The summed E-state index contributed by atoms with van der Waals surface area (Å²) in [5, 5.41) is 6.92. The van der Waals surface area contributed by atoms with Crippen LogP contribution in [0.4, 0.5) is 5.69 Å². The van der Waals surface area contributed by atoms with Crippen molar-refractivity contribution in [3.63, 3.8) is 0 Å². The fraction of sp³-hybridized carbons (Fsp3) is 0.389. The van der Waals surface area contributed by atoms with Gasteiger partial charge in [-0.15, -0.1) is 0 Å². The third-order valence-corrected chi connectivity index (χ3v) is 4.38. The Kier molecular flexibility index (Phi) is 5.14. The van der Waals surface area contributed by atoms with Gasteiger partial charge in [0.1, 0.15) is 0 Å². The van der Waals surface area contributed by atoms with Crippen LogP contribution in [0.3, 0.4) is 0 Å². The van der Waals surface area contributed by atoms with Gasteiger partial charge in [-0.2, -0.15) is 5.10 Å². The summed E-state index contributed by atoms with van der Waals surface area (Å²) in [6.45, 7) is 5.70. The molecule has 1 aromatic heterocycles. The Morgan fingerprint density at radius 3 is 2.60 bits per heavy atom. The van der Waals surface area contributed by atoms with Crippen LogP contribution in [0.5, 0.6) is 0 Å². The van der Waals surface area contributed by atoms with Gasteiger partial charge in [-0.25, -0.2) is 0 Å². The second kappa shape index (κ2) is 7.48. The van der Waals surface area contributed by atoms with Crippen molar-refractivity contribution in [1.82, 2.24) is 19.6 Å². The third-order valence-electron chi connectivity index (χ3n) is 4.38.